The highest BCUT2D eigenvalue weighted by Gasteiger charge is 2.38. The quantitative estimate of drug-likeness (QED) is 0.380. The predicted molar refractivity (Wildman–Crippen MR) is 132 cm³/mol. The van der Waals surface area contributed by atoms with Crippen LogP contribution in [0, 0.1) is 12.7 Å². The minimum Gasteiger partial charge on any atom is -0.481 e. The molecule has 36 heavy (non-hydrogen) atoms. The van der Waals surface area contributed by atoms with Crippen LogP contribution < -0.4 is 10.1 Å². The molecule has 1 N–H and O–H groups in total. The van der Waals surface area contributed by atoms with E-state index in [-0.39, 0.29) is 33.8 Å². The molecule has 4 aromatic rings. The number of aryl methyl sites for hydroxylation is 1. The fourth-order valence-corrected chi connectivity index (χ4v) is 5.31. The van der Waals surface area contributed by atoms with Crippen molar-refractivity contribution in [3.8, 4) is 5.75 Å². The number of benzene rings is 1. The lowest BCUT2D eigenvalue weighted by molar-refractivity contribution is -0.135. The minimum atomic E-state index is -0.789. The highest BCUT2D eigenvalue weighted by molar-refractivity contribution is 7.16. The summed E-state index contributed by atoms with van der Waals surface area (Å²) in [5.74, 6) is -1.20. The first kappa shape index (κ1) is 24.4. The number of halogens is 3. The maximum absolute atomic E-state index is 15.2. The molecule has 5 rings (SSSR count). The van der Waals surface area contributed by atoms with Gasteiger partial charge in [0.05, 0.1) is 11.4 Å². The van der Waals surface area contributed by atoms with Crippen molar-refractivity contribution in [1.82, 2.24) is 29.8 Å². The van der Waals surface area contributed by atoms with Crippen molar-refractivity contribution >= 4 is 51.3 Å². The molecule has 0 fully saturated rings. The number of carbonyl (C=O) groups is 2. The lowest BCUT2D eigenvalue weighted by Crippen LogP contribution is -2.43. The Morgan fingerprint density at radius 1 is 1.25 bits per heavy atom. The van der Waals surface area contributed by atoms with Crippen molar-refractivity contribution in [1.29, 1.82) is 0 Å². The maximum atomic E-state index is 15.2. The molecule has 0 bridgehead atoms. The standard InChI is InChI=1S/C23H19Cl2FN6O3S/c1-11-30-32-20-15(29-23(32)36-11)7-8-31(19(20)13-4-3-12(24)9-14(13)26)18(33)10-35-17-6-5-16(22(34)27-2)28-21(17)25/h3-6,9,19H,7-8,10H2,1-2H3,(H,27,34). The third kappa shape index (κ3) is 4.38. The van der Waals surface area contributed by atoms with Crippen molar-refractivity contribution in [2.24, 2.45) is 0 Å². The van der Waals surface area contributed by atoms with Crippen LogP contribution in [0.15, 0.2) is 30.3 Å². The first-order chi connectivity index (χ1) is 17.3. The fourth-order valence-electron chi connectivity index (χ4n) is 4.18. The summed E-state index contributed by atoms with van der Waals surface area (Å²) in [6, 6.07) is 6.48. The SMILES string of the molecule is CNC(=O)c1ccc(OCC(=O)N2CCc3nc4sc(C)nn4c3C2c2ccc(Cl)cc2F)c(Cl)n1. The predicted octanol–water partition coefficient (Wildman–Crippen LogP) is 3.85. The van der Waals surface area contributed by atoms with Gasteiger partial charge in [-0.2, -0.15) is 5.10 Å². The molecule has 3 aromatic heterocycles. The van der Waals surface area contributed by atoms with E-state index < -0.39 is 23.7 Å². The Kier molecular flexibility index (Phi) is 6.54. The first-order valence-electron chi connectivity index (χ1n) is 10.9. The van der Waals surface area contributed by atoms with Crippen molar-refractivity contribution < 1.29 is 18.7 Å². The van der Waals surface area contributed by atoms with E-state index in [4.69, 9.17) is 27.9 Å². The van der Waals surface area contributed by atoms with Gasteiger partial charge in [-0.3, -0.25) is 9.59 Å². The van der Waals surface area contributed by atoms with E-state index >= 15 is 4.39 Å². The molecule has 0 saturated heterocycles. The van der Waals surface area contributed by atoms with Crippen LogP contribution in [-0.2, 0) is 11.2 Å². The number of hydrogen-bond donors (Lipinski definition) is 1. The second kappa shape index (κ2) is 9.64. The van der Waals surface area contributed by atoms with E-state index in [1.807, 2.05) is 6.92 Å². The molecule has 1 aliphatic rings. The van der Waals surface area contributed by atoms with Crippen LogP contribution in [0.1, 0.15) is 38.5 Å². The molecule has 1 unspecified atom stereocenters. The summed E-state index contributed by atoms with van der Waals surface area (Å²) in [6.45, 7) is 1.78. The number of amides is 2. The molecule has 2 amide bonds. The number of hydrogen-bond acceptors (Lipinski definition) is 7. The highest BCUT2D eigenvalue weighted by atomic mass is 35.5. The average molecular weight is 549 g/mol. The average Bonchev–Trinajstić information content (AvgIpc) is 3.37. The summed E-state index contributed by atoms with van der Waals surface area (Å²) in [5, 5.41) is 7.98. The van der Waals surface area contributed by atoms with Crippen LogP contribution >= 0.6 is 34.5 Å². The Morgan fingerprint density at radius 2 is 2.06 bits per heavy atom. The Labute approximate surface area is 218 Å². The van der Waals surface area contributed by atoms with Gasteiger partial charge >= 0.3 is 0 Å². The molecule has 0 radical (unpaired) electrons. The van der Waals surface area contributed by atoms with Crippen LogP contribution in [0.3, 0.4) is 0 Å². The van der Waals surface area contributed by atoms with Gasteiger partial charge in [-0.15, -0.1) is 0 Å². The van der Waals surface area contributed by atoms with Gasteiger partial charge < -0.3 is 15.0 Å². The number of carbonyl (C=O) groups excluding carboxylic acids is 2. The van der Waals surface area contributed by atoms with Gasteiger partial charge in [0.2, 0.25) is 4.96 Å². The lowest BCUT2D eigenvalue weighted by atomic mass is 9.95. The highest BCUT2D eigenvalue weighted by Crippen LogP contribution is 2.38. The van der Waals surface area contributed by atoms with Crippen LogP contribution in [0.4, 0.5) is 4.39 Å². The number of nitrogens with zero attached hydrogens (tertiary/aromatic N) is 5. The van der Waals surface area contributed by atoms with E-state index in [0.29, 0.717) is 23.6 Å². The van der Waals surface area contributed by atoms with Gasteiger partial charge in [-0.1, -0.05) is 40.6 Å². The summed E-state index contributed by atoms with van der Waals surface area (Å²) in [6.07, 6.45) is 0.477. The third-order valence-electron chi connectivity index (χ3n) is 5.78. The van der Waals surface area contributed by atoms with Crippen molar-refractivity contribution in [2.75, 3.05) is 20.2 Å². The van der Waals surface area contributed by atoms with Crippen molar-refractivity contribution in [3.05, 3.63) is 74.0 Å². The van der Waals surface area contributed by atoms with E-state index in [1.165, 1.54) is 41.5 Å². The normalized spacial score (nSPS) is 15.1. The van der Waals surface area contributed by atoms with E-state index in [1.54, 1.807) is 16.6 Å². The summed E-state index contributed by atoms with van der Waals surface area (Å²) in [7, 11) is 1.48. The van der Waals surface area contributed by atoms with Crippen LogP contribution in [0.5, 0.6) is 5.75 Å². The molecule has 4 heterocycles. The van der Waals surface area contributed by atoms with Gasteiger partial charge in [0.15, 0.2) is 17.5 Å². The van der Waals surface area contributed by atoms with Crippen LogP contribution in [-0.4, -0.2) is 56.5 Å². The first-order valence-corrected chi connectivity index (χ1v) is 12.4. The summed E-state index contributed by atoms with van der Waals surface area (Å²) in [5.41, 5.74) is 1.78. The van der Waals surface area contributed by atoms with Crippen LogP contribution in [0.25, 0.3) is 4.96 Å². The summed E-state index contributed by atoms with van der Waals surface area (Å²) in [4.78, 5) is 36.1. The minimum absolute atomic E-state index is 0.0550. The van der Waals surface area contributed by atoms with E-state index in [2.05, 4.69) is 20.4 Å². The van der Waals surface area contributed by atoms with Gasteiger partial charge in [0.25, 0.3) is 11.8 Å². The van der Waals surface area contributed by atoms with Gasteiger partial charge in [-0.25, -0.2) is 18.9 Å². The Hall–Kier alpha value is -3.28. The number of ether oxygens (including phenoxy) is 1. The van der Waals surface area contributed by atoms with Gasteiger partial charge in [0, 0.05) is 30.6 Å². The van der Waals surface area contributed by atoms with E-state index in [0.717, 1.165) is 10.7 Å². The lowest BCUT2D eigenvalue weighted by Gasteiger charge is -2.35. The topological polar surface area (TPSA) is 102 Å². The monoisotopic (exact) mass is 548 g/mol. The molecule has 9 nitrogen and oxygen atoms in total. The molecular formula is C23H19Cl2FN6O3S. The number of rotatable bonds is 5. The van der Waals surface area contributed by atoms with Gasteiger partial charge in [-0.05, 0) is 31.2 Å². The van der Waals surface area contributed by atoms with Gasteiger partial charge in [0.1, 0.15) is 22.6 Å². The molecule has 1 atom stereocenters. The number of fused-ring (bicyclic) bond motifs is 3. The molecule has 186 valence electrons. The summed E-state index contributed by atoms with van der Waals surface area (Å²) < 4.78 is 22.5. The largest absolute Gasteiger partial charge is 0.481 e. The molecule has 13 heteroatoms. The second-order valence-electron chi connectivity index (χ2n) is 8.02. The molecule has 1 aliphatic heterocycles. The Bertz CT molecular complexity index is 1510. The smallest absolute Gasteiger partial charge is 0.269 e. The van der Waals surface area contributed by atoms with Crippen molar-refractivity contribution in [2.45, 2.75) is 19.4 Å². The molecule has 0 saturated carbocycles. The number of imidazole rings is 1. The second-order valence-corrected chi connectivity index (χ2v) is 9.97. The van der Waals surface area contributed by atoms with E-state index in [9.17, 15) is 9.59 Å². The van der Waals surface area contributed by atoms with Crippen molar-refractivity contribution in [3.63, 3.8) is 0 Å². The number of nitrogens with one attached hydrogen (secondary N) is 1. The maximum Gasteiger partial charge on any atom is 0.269 e. The third-order valence-corrected chi connectivity index (χ3v) is 7.11. The van der Waals surface area contributed by atoms with Crippen LogP contribution in [0.2, 0.25) is 10.2 Å². The zero-order valence-corrected chi connectivity index (χ0v) is 21.4. The zero-order chi connectivity index (χ0) is 25.6. The Balaban J connectivity index is 1.47. The molecule has 0 spiro atoms. The molecule has 1 aromatic carbocycles. The molecular weight excluding hydrogens is 530 g/mol. The zero-order valence-electron chi connectivity index (χ0n) is 19.1. The fraction of sp³-hybridized carbons (Fsp3) is 0.261. The number of pyridine rings is 1. The summed E-state index contributed by atoms with van der Waals surface area (Å²) >= 11 is 13.6. The Morgan fingerprint density at radius 3 is 2.78 bits per heavy atom. The molecule has 0 aliphatic carbocycles. The number of aromatic nitrogens is 4.